The van der Waals surface area contributed by atoms with E-state index in [1.807, 2.05) is 0 Å². The van der Waals surface area contributed by atoms with Gasteiger partial charge in [-0.3, -0.25) is 0 Å². The number of rotatable bonds is 8. The summed E-state index contributed by atoms with van der Waals surface area (Å²) in [5, 5.41) is 0. The molecule has 0 fully saturated rings. The van der Waals surface area contributed by atoms with Crippen molar-refractivity contribution in [1.82, 2.24) is 0 Å². The lowest BCUT2D eigenvalue weighted by Crippen LogP contribution is -1.84. The summed E-state index contributed by atoms with van der Waals surface area (Å²) >= 11 is 0. The molecule has 0 N–H and O–H groups in total. The molecule has 55 heavy (non-hydrogen) atoms. The van der Waals surface area contributed by atoms with Crippen LogP contribution in [0.1, 0.15) is 5.56 Å². The van der Waals surface area contributed by atoms with Gasteiger partial charge in [0.15, 0.2) is 0 Å². The Hall–Kier alpha value is -7.02. The summed E-state index contributed by atoms with van der Waals surface area (Å²) in [7, 11) is 0. The van der Waals surface area contributed by atoms with Crippen LogP contribution in [0.3, 0.4) is 0 Å². The van der Waals surface area contributed by atoms with Crippen molar-refractivity contribution in [3.63, 3.8) is 0 Å². The zero-order chi connectivity index (χ0) is 37.0. The average Bonchev–Trinajstić information content (AvgIpc) is 3.27. The molecule has 0 atom stereocenters. The predicted octanol–water partition coefficient (Wildman–Crippen LogP) is 15.3. The summed E-state index contributed by atoms with van der Waals surface area (Å²) in [6, 6.07) is 81.3. The van der Waals surface area contributed by atoms with Crippen LogP contribution in [0.5, 0.6) is 0 Å². The molecule has 0 bridgehead atoms. The maximum absolute atomic E-state index is 2.22. The zero-order valence-corrected chi connectivity index (χ0v) is 30.9. The highest BCUT2D eigenvalue weighted by Gasteiger charge is 2.07. The van der Waals surface area contributed by atoms with Crippen LogP contribution in [0, 0.1) is 6.92 Å². The van der Waals surface area contributed by atoms with Crippen molar-refractivity contribution in [1.29, 1.82) is 0 Å². The minimum atomic E-state index is 1.21. The summed E-state index contributed by atoms with van der Waals surface area (Å²) in [4.78, 5) is 0. The molecule has 0 nitrogen and oxygen atoms in total. The van der Waals surface area contributed by atoms with Gasteiger partial charge in [-0.15, -0.1) is 0 Å². The van der Waals surface area contributed by atoms with Crippen molar-refractivity contribution in [2.45, 2.75) is 6.92 Å². The maximum atomic E-state index is 2.22. The van der Waals surface area contributed by atoms with E-state index in [-0.39, 0.29) is 0 Å². The van der Waals surface area contributed by atoms with Crippen LogP contribution < -0.4 is 0 Å². The van der Waals surface area contributed by atoms with Crippen molar-refractivity contribution in [3.05, 3.63) is 230 Å². The van der Waals surface area contributed by atoms with E-state index < -0.39 is 0 Å². The number of hydrogen-bond acceptors (Lipinski definition) is 0. The Morgan fingerprint density at radius 1 is 0.145 bits per heavy atom. The lowest BCUT2D eigenvalue weighted by molar-refractivity contribution is 1.47. The molecule has 9 aromatic carbocycles. The van der Waals surface area contributed by atoms with Crippen molar-refractivity contribution < 1.29 is 0 Å². The van der Waals surface area contributed by atoms with E-state index in [2.05, 4.69) is 231 Å². The fraction of sp³-hybridized carbons (Fsp3) is 0.0182. The maximum Gasteiger partial charge on any atom is -0.0184 e. The van der Waals surface area contributed by atoms with Crippen LogP contribution in [0.15, 0.2) is 224 Å². The van der Waals surface area contributed by atoms with E-state index in [1.54, 1.807) is 0 Å². The van der Waals surface area contributed by atoms with Crippen LogP contribution in [-0.4, -0.2) is 0 Å². The van der Waals surface area contributed by atoms with Gasteiger partial charge in [-0.2, -0.15) is 0 Å². The van der Waals surface area contributed by atoms with Gasteiger partial charge in [0.1, 0.15) is 0 Å². The quantitative estimate of drug-likeness (QED) is 0.148. The Balaban J connectivity index is 0.828. The highest BCUT2D eigenvalue weighted by Crippen LogP contribution is 2.32. The minimum Gasteiger partial charge on any atom is -0.0622 e. The van der Waals surface area contributed by atoms with Crippen molar-refractivity contribution in [2.24, 2.45) is 0 Å². The second-order valence-corrected chi connectivity index (χ2v) is 14.3. The number of hydrogen-bond donors (Lipinski definition) is 0. The molecule has 0 heterocycles. The Morgan fingerprint density at radius 2 is 0.273 bits per heavy atom. The van der Waals surface area contributed by atoms with Gasteiger partial charge in [0.25, 0.3) is 0 Å². The lowest BCUT2D eigenvalue weighted by Gasteiger charge is -2.09. The smallest absolute Gasteiger partial charge is 0.0184 e. The Bertz CT molecular complexity index is 2630. The fourth-order valence-corrected chi connectivity index (χ4v) is 7.36. The van der Waals surface area contributed by atoms with E-state index in [0.29, 0.717) is 0 Å². The second kappa shape index (κ2) is 15.1. The molecule has 9 aromatic rings. The monoisotopic (exact) mass is 700 g/mol. The van der Waals surface area contributed by atoms with Crippen LogP contribution in [0.25, 0.3) is 89.0 Å². The van der Waals surface area contributed by atoms with Crippen LogP contribution in [0.2, 0.25) is 0 Å². The van der Waals surface area contributed by atoms with Gasteiger partial charge in [-0.05, 0) is 95.9 Å². The average molecular weight is 701 g/mol. The molecule has 0 aliphatic carbocycles. The molecule has 0 saturated heterocycles. The van der Waals surface area contributed by atoms with Gasteiger partial charge < -0.3 is 0 Å². The van der Waals surface area contributed by atoms with Gasteiger partial charge in [0.2, 0.25) is 0 Å². The van der Waals surface area contributed by atoms with E-state index in [9.17, 15) is 0 Å². The third kappa shape index (κ3) is 7.45. The SMILES string of the molecule is Cc1ccc(-c2ccc(-c3ccc(-c4ccc(-c5ccc(-c6ccc(-c7ccc(-c8ccc(-c9ccccc9)cc8)cc7)cc6)cc5)cc4)cc3)cc2)cc1. The first-order valence-corrected chi connectivity index (χ1v) is 19.0. The van der Waals surface area contributed by atoms with Crippen LogP contribution >= 0.6 is 0 Å². The minimum absolute atomic E-state index is 1.21. The van der Waals surface area contributed by atoms with Gasteiger partial charge in [0, 0.05) is 0 Å². The molecule has 0 spiro atoms. The molecule has 0 aliphatic heterocycles. The molecular weight excluding hydrogens is 661 g/mol. The van der Waals surface area contributed by atoms with Gasteiger partial charge >= 0.3 is 0 Å². The summed E-state index contributed by atoms with van der Waals surface area (Å²) in [6.07, 6.45) is 0. The molecule has 0 unspecified atom stereocenters. The second-order valence-electron chi connectivity index (χ2n) is 14.3. The fourth-order valence-electron chi connectivity index (χ4n) is 7.36. The first-order valence-electron chi connectivity index (χ1n) is 19.0. The molecule has 0 heteroatoms. The molecule has 260 valence electrons. The molecule has 0 saturated carbocycles. The molecule has 0 aromatic heterocycles. The molecule has 0 radical (unpaired) electrons. The first-order chi connectivity index (χ1) is 27.1. The Morgan fingerprint density at radius 3 is 0.436 bits per heavy atom. The standard InChI is InChI=1S/C55H40/c1-39-7-9-41(10-8-39)43-15-17-45(18-16-43)47-23-25-49(26-24-47)51-31-33-53(34-32-51)55-37-35-54(36-38-55)52-29-27-50(28-30-52)48-21-19-46(20-22-48)44-13-11-42(12-14-44)40-5-3-2-4-6-40/h2-38H,1H3. The summed E-state index contributed by atoms with van der Waals surface area (Å²) in [6.45, 7) is 2.12. The highest BCUT2D eigenvalue weighted by atomic mass is 14.1. The van der Waals surface area contributed by atoms with E-state index in [4.69, 9.17) is 0 Å². The largest absolute Gasteiger partial charge is 0.0622 e. The van der Waals surface area contributed by atoms with E-state index >= 15 is 0 Å². The normalized spacial score (nSPS) is 11.0. The van der Waals surface area contributed by atoms with Crippen molar-refractivity contribution >= 4 is 0 Å². The summed E-state index contributed by atoms with van der Waals surface area (Å²) < 4.78 is 0. The number of benzene rings is 9. The topological polar surface area (TPSA) is 0 Å². The summed E-state index contributed by atoms with van der Waals surface area (Å²) in [5.41, 5.74) is 20.9. The lowest BCUT2D eigenvalue weighted by atomic mass is 9.95. The van der Waals surface area contributed by atoms with E-state index in [0.717, 1.165) is 0 Å². The molecule has 9 rings (SSSR count). The molecule has 0 aliphatic rings. The predicted molar refractivity (Wildman–Crippen MR) is 235 cm³/mol. The first kappa shape index (κ1) is 33.8. The van der Waals surface area contributed by atoms with Crippen molar-refractivity contribution in [2.75, 3.05) is 0 Å². The zero-order valence-electron chi connectivity index (χ0n) is 30.9. The van der Waals surface area contributed by atoms with Gasteiger partial charge in [-0.1, -0.05) is 230 Å². The molecule has 0 amide bonds. The third-order valence-corrected chi connectivity index (χ3v) is 10.7. The van der Waals surface area contributed by atoms with Gasteiger partial charge in [-0.25, -0.2) is 0 Å². The third-order valence-electron chi connectivity index (χ3n) is 10.7. The number of aryl methyl sites for hydroxylation is 1. The van der Waals surface area contributed by atoms with Crippen LogP contribution in [0.4, 0.5) is 0 Å². The van der Waals surface area contributed by atoms with E-state index in [1.165, 1.54) is 94.6 Å². The summed E-state index contributed by atoms with van der Waals surface area (Å²) in [5.74, 6) is 0. The molecular formula is C55H40. The van der Waals surface area contributed by atoms with Gasteiger partial charge in [0.05, 0.1) is 0 Å². The Kier molecular flexibility index (Phi) is 9.31. The van der Waals surface area contributed by atoms with Crippen molar-refractivity contribution in [3.8, 4) is 89.0 Å². The van der Waals surface area contributed by atoms with Crippen LogP contribution in [-0.2, 0) is 0 Å². The highest BCUT2D eigenvalue weighted by molar-refractivity contribution is 5.78. The Labute approximate surface area is 324 Å².